The summed E-state index contributed by atoms with van der Waals surface area (Å²) < 4.78 is 2.00. The summed E-state index contributed by atoms with van der Waals surface area (Å²) >= 11 is 0. The van der Waals surface area contributed by atoms with Gasteiger partial charge in [-0.15, -0.1) is 0 Å². The third-order valence-electron chi connectivity index (χ3n) is 3.90. The van der Waals surface area contributed by atoms with Crippen molar-refractivity contribution in [1.82, 2.24) is 20.0 Å². The summed E-state index contributed by atoms with van der Waals surface area (Å²) in [5.41, 5.74) is 2.47. The Balaban J connectivity index is 1.75. The van der Waals surface area contributed by atoms with Gasteiger partial charge in [-0.05, 0) is 11.6 Å². The van der Waals surface area contributed by atoms with E-state index in [1.165, 1.54) is 11.3 Å². The van der Waals surface area contributed by atoms with Gasteiger partial charge in [0.25, 0.3) is 0 Å². The van der Waals surface area contributed by atoms with Gasteiger partial charge in [-0.3, -0.25) is 14.4 Å². The summed E-state index contributed by atoms with van der Waals surface area (Å²) in [4.78, 5) is 14.1. The van der Waals surface area contributed by atoms with Crippen molar-refractivity contribution in [1.29, 1.82) is 0 Å². The maximum absolute atomic E-state index is 11.7. The van der Waals surface area contributed by atoms with E-state index in [0.29, 0.717) is 6.42 Å². The van der Waals surface area contributed by atoms with Crippen LogP contribution in [0.25, 0.3) is 0 Å². The van der Waals surface area contributed by atoms with E-state index in [-0.39, 0.29) is 11.9 Å². The number of carbonyl (C=O) groups is 1. The second-order valence-electron chi connectivity index (χ2n) is 5.45. The van der Waals surface area contributed by atoms with Crippen molar-refractivity contribution in [3.63, 3.8) is 0 Å². The minimum absolute atomic E-state index is 0.0583. The lowest BCUT2D eigenvalue weighted by atomic mass is 10.1. The van der Waals surface area contributed by atoms with Crippen LogP contribution in [0.3, 0.4) is 0 Å². The lowest BCUT2D eigenvalue weighted by molar-refractivity contribution is -0.121. The zero-order valence-electron chi connectivity index (χ0n) is 12.2. The molecule has 5 heteroatoms. The molecular weight excluding hydrogens is 264 g/mol. The number of fused-ring (bicyclic) bond motifs is 1. The van der Waals surface area contributed by atoms with E-state index in [1.807, 2.05) is 23.0 Å². The number of hydrogen-bond donors (Lipinski definition) is 1. The van der Waals surface area contributed by atoms with Crippen LogP contribution in [0.1, 0.15) is 23.7 Å². The third kappa shape index (κ3) is 3.13. The van der Waals surface area contributed by atoms with E-state index < -0.39 is 0 Å². The van der Waals surface area contributed by atoms with E-state index >= 15 is 0 Å². The van der Waals surface area contributed by atoms with Gasteiger partial charge in [0, 0.05) is 32.9 Å². The fraction of sp³-hybridized carbons (Fsp3) is 0.375. The maximum Gasteiger partial charge on any atom is 0.221 e. The van der Waals surface area contributed by atoms with E-state index in [4.69, 9.17) is 0 Å². The quantitative estimate of drug-likeness (QED) is 0.927. The summed E-state index contributed by atoms with van der Waals surface area (Å²) in [7, 11) is 1.68. The Bertz CT molecular complexity index is 608. The van der Waals surface area contributed by atoms with Crippen molar-refractivity contribution in [2.24, 2.45) is 0 Å². The SMILES string of the molecule is CNC(=O)C[C@@H]1CN(Cc2ccccc2)Cc2ccnn21. The molecule has 0 bridgehead atoms. The van der Waals surface area contributed by atoms with Gasteiger partial charge < -0.3 is 5.32 Å². The predicted octanol–water partition coefficient (Wildman–Crippen LogP) is 1.58. The molecule has 1 atom stereocenters. The Morgan fingerprint density at radius 3 is 2.90 bits per heavy atom. The van der Waals surface area contributed by atoms with Gasteiger partial charge in [-0.1, -0.05) is 30.3 Å². The molecule has 0 spiro atoms. The van der Waals surface area contributed by atoms with E-state index in [9.17, 15) is 4.79 Å². The number of aromatic nitrogens is 2. The summed E-state index contributed by atoms with van der Waals surface area (Å²) in [6.07, 6.45) is 2.29. The molecule has 21 heavy (non-hydrogen) atoms. The molecule has 5 nitrogen and oxygen atoms in total. The van der Waals surface area contributed by atoms with E-state index in [0.717, 1.165) is 19.6 Å². The standard InChI is InChI=1S/C16H20N4O/c1-17-16(21)9-15-12-19(10-13-5-3-2-4-6-13)11-14-7-8-18-20(14)15/h2-8,15H,9-12H2,1H3,(H,17,21)/t15-/m1/s1. The van der Waals surface area contributed by atoms with Crippen LogP contribution in [0.2, 0.25) is 0 Å². The largest absolute Gasteiger partial charge is 0.359 e. The minimum Gasteiger partial charge on any atom is -0.359 e. The van der Waals surface area contributed by atoms with Crippen LogP contribution in [-0.2, 0) is 17.9 Å². The molecule has 1 aromatic carbocycles. The van der Waals surface area contributed by atoms with Gasteiger partial charge in [-0.2, -0.15) is 5.10 Å². The average molecular weight is 284 g/mol. The Kier molecular flexibility index (Phi) is 4.01. The Labute approximate surface area is 124 Å². The summed E-state index contributed by atoms with van der Waals surface area (Å²) in [6.45, 7) is 2.62. The molecule has 0 saturated heterocycles. The van der Waals surface area contributed by atoms with Gasteiger partial charge in [0.1, 0.15) is 0 Å². The van der Waals surface area contributed by atoms with Crippen LogP contribution in [0.4, 0.5) is 0 Å². The first-order valence-corrected chi connectivity index (χ1v) is 7.25. The molecule has 1 aromatic heterocycles. The molecule has 1 aliphatic heterocycles. The second kappa shape index (κ2) is 6.10. The second-order valence-corrected chi connectivity index (χ2v) is 5.45. The zero-order chi connectivity index (χ0) is 14.7. The Morgan fingerprint density at radius 1 is 1.33 bits per heavy atom. The normalized spacial score (nSPS) is 18.2. The zero-order valence-corrected chi connectivity index (χ0v) is 12.2. The van der Waals surface area contributed by atoms with Crippen molar-refractivity contribution in [3.8, 4) is 0 Å². The fourth-order valence-corrected chi connectivity index (χ4v) is 2.89. The number of nitrogens with one attached hydrogen (secondary N) is 1. The van der Waals surface area contributed by atoms with Gasteiger partial charge in [0.05, 0.1) is 18.2 Å². The molecule has 3 rings (SSSR count). The number of rotatable bonds is 4. The fourth-order valence-electron chi connectivity index (χ4n) is 2.89. The first-order valence-electron chi connectivity index (χ1n) is 7.25. The van der Waals surface area contributed by atoms with Crippen LogP contribution in [0.5, 0.6) is 0 Å². The minimum atomic E-state index is 0.0583. The summed E-state index contributed by atoms with van der Waals surface area (Å²) in [5.74, 6) is 0.0583. The Hall–Kier alpha value is -2.14. The molecule has 0 aliphatic carbocycles. The highest BCUT2D eigenvalue weighted by Gasteiger charge is 2.27. The highest BCUT2D eigenvalue weighted by molar-refractivity contribution is 5.76. The van der Waals surface area contributed by atoms with Crippen molar-refractivity contribution < 1.29 is 4.79 Å². The number of benzene rings is 1. The van der Waals surface area contributed by atoms with Crippen LogP contribution in [-0.4, -0.2) is 34.2 Å². The lowest BCUT2D eigenvalue weighted by Crippen LogP contribution is -2.39. The lowest BCUT2D eigenvalue weighted by Gasteiger charge is -2.33. The highest BCUT2D eigenvalue weighted by Crippen LogP contribution is 2.24. The summed E-state index contributed by atoms with van der Waals surface area (Å²) in [6, 6.07) is 12.6. The molecular formula is C16H20N4O. The monoisotopic (exact) mass is 284 g/mol. The van der Waals surface area contributed by atoms with Crippen LogP contribution >= 0.6 is 0 Å². The van der Waals surface area contributed by atoms with Crippen molar-refractivity contribution in [2.45, 2.75) is 25.6 Å². The summed E-state index contributed by atoms with van der Waals surface area (Å²) in [5, 5.41) is 7.08. The van der Waals surface area contributed by atoms with Gasteiger partial charge >= 0.3 is 0 Å². The van der Waals surface area contributed by atoms with E-state index in [1.54, 1.807) is 7.05 Å². The predicted molar refractivity (Wildman–Crippen MR) is 80.5 cm³/mol. The number of amides is 1. The van der Waals surface area contributed by atoms with Crippen molar-refractivity contribution >= 4 is 5.91 Å². The number of hydrogen-bond acceptors (Lipinski definition) is 3. The van der Waals surface area contributed by atoms with Gasteiger partial charge in [0.2, 0.25) is 5.91 Å². The molecule has 2 aromatic rings. The van der Waals surface area contributed by atoms with E-state index in [2.05, 4.69) is 39.6 Å². The average Bonchev–Trinajstić information content (AvgIpc) is 2.97. The molecule has 0 saturated carbocycles. The molecule has 1 amide bonds. The maximum atomic E-state index is 11.7. The molecule has 2 heterocycles. The first kappa shape index (κ1) is 13.8. The molecule has 1 aliphatic rings. The molecule has 0 fully saturated rings. The number of nitrogens with zero attached hydrogens (tertiary/aromatic N) is 3. The molecule has 110 valence electrons. The molecule has 1 N–H and O–H groups in total. The third-order valence-corrected chi connectivity index (χ3v) is 3.90. The smallest absolute Gasteiger partial charge is 0.221 e. The number of carbonyl (C=O) groups excluding carboxylic acids is 1. The van der Waals surface area contributed by atoms with Gasteiger partial charge in [-0.25, -0.2) is 0 Å². The molecule has 0 unspecified atom stereocenters. The van der Waals surface area contributed by atoms with Gasteiger partial charge in [0.15, 0.2) is 0 Å². The van der Waals surface area contributed by atoms with Crippen LogP contribution in [0.15, 0.2) is 42.6 Å². The van der Waals surface area contributed by atoms with Crippen molar-refractivity contribution in [2.75, 3.05) is 13.6 Å². The van der Waals surface area contributed by atoms with Crippen molar-refractivity contribution in [3.05, 3.63) is 53.9 Å². The first-order chi connectivity index (χ1) is 10.3. The Morgan fingerprint density at radius 2 is 2.14 bits per heavy atom. The molecule has 0 radical (unpaired) electrons. The topological polar surface area (TPSA) is 50.2 Å². The van der Waals surface area contributed by atoms with Crippen LogP contribution < -0.4 is 5.32 Å². The van der Waals surface area contributed by atoms with Crippen LogP contribution in [0, 0.1) is 0 Å². The highest BCUT2D eigenvalue weighted by atomic mass is 16.1.